The Balaban J connectivity index is 2.00. The molecule has 2 aromatic carbocycles. The highest BCUT2D eigenvalue weighted by Crippen LogP contribution is 2.25. The number of halogens is 1. The predicted octanol–water partition coefficient (Wildman–Crippen LogP) is 4.41. The lowest BCUT2D eigenvalue weighted by molar-refractivity contribution is -0.118. The maximum atomic E-state index is 13.3. The van der Waals surface area contributed by atoms with Crippen LogP contribution in [-0.2, 0) is 9.53 Å². The molecule has 0 unspecified atom stereocenters. The molecule has 0 radical (unpaired) electrons. The smallest absolute Gasteiger partial charge is 0.266 e. The van der Waals surface area contributed by atoms with E-state index in [4.69, 9.17) is 16.3 Å². The van der Waals surface area contributed by atoms with Crippen LogP contribution in [0, 0.1) is 0 Å². The molecule has 0 saturated carbocycles. The Morgan fingerprint density at radius 2 is 2.00 bits per heavy atom. The van der Waals surface area contributed by atoms with E-state index in [1.807, 2.05) is 24.3 Å². The minimum absolute atomic E-state index is 0.132. The van der Waals surface area contributed by atoms with E-state index in [1.165, 1.54) is 17.3 Å². The molecule has 1 atom stereocenters. The van der Waals surface area contributed by atoms with Gasteiger partial charge in [-0.1, -0.05) is 49.3 Å². The highest BCUT2D eigenvalue weighted by atomic mass is 35.5. The van der Waals surface area contributed by atoms with Gasteiger partial charge < -0.3 is 10.1 Å². The Kier molecular flexibility index (Phi) is 8.12. The lowest BCUT2D eigenvalue weighted by Gasteiger charge is -2.15. The average Bonchev–Trinajstić information content (AvgIpc) is 2.77. The van der Waals surface area contributed by atoms with Crippen LogP contribution in [0.2, 0.25) is 5.02 Å². The summed E-state index contributed by atoms with van der Waals surface area (Å²) < 4.78 is 6.51. The molecule has 0 aliphatic rings. The molecule has 1 N–H and O–H groups in total. The number of thioether (sulfide) groups is 1. The van der Waals surface area contributed by atoms with E-state index >= 15 is 0 Å². The molecule has 0 fully saturated rings. The Bertz CT molecular complexity index is 1120. The van der Waals surface area contributed by atoms with Crippen molar-refractivity contribution >= 4 is 40.2 Å². The van der Waals surface area contributed by atoms with Crippen molar-refractivity contribution in [3.05, 3.63) is 63.4 Å². The SMILES string of the molecule is CC[C@H](C)c1ccc(-n2c(SCC(=O)NCCOC)nc3cc(Cl)ccc3c2=O)cc1. The Labute approximate surface area is 191 Å². The molecular weight excluding hydrogens is 434 g/mol. The topological polar surface area (TPSA) is 73.2 Å². The van der Waals surface area contributed by atoms with Crippen LogP contribution in [0.25, 0.3) is 16.6 Å². The zero-order chi connectivity index (χ0) is 22.4. The number of nitrogens with one attached hydrogen (secondary N) is 1. The van der Waals surface area contributed by atoms with E-state index in [0.717, 1.165) is 6.42 Å². The third-order valence-electron chi connectivity index (χ3n) is 5.09. The third-order valence-corrected chi connectivity index (χ3v) is 6.27. The van der Waals surface area contributed by atoms with Crippen molar-refractivity contribution in [3.63, 3.8) is 0 Å². The lowest BCUT2D eigenvalue weighted by atomic mass is 9.98. The van der Waals surface area contributed by atoms with Gasteiger partial charge in [-0.2, -0.15) is 0 Å². The lowest BCUT2D eigenvalue weighted by Crippen LogP contribution is -2.29. The van der Waals surface area contributed by atoms with Gasteiger partial charge in [0.2, 0.25) is 5.91 Å². The molecular formula is C23H26ClN3O3S. The second kappa shape index (κ2) is 10.8. The second-order valence-electron chi connectivity index (χ2n) is 7.23. The van der Waals surface area contributed by atoms with Crippen LogP contribution >= 0.6 is 23.4 Å². The fourth-order valence-electron chi connectivity index (χ4n) is 3.12. The van der Waals surface area contributed by atoms with Gasteiger partial charge in [0.1, 0.15) is 0 Å². The van der Waals surface area contributed by atoms with Gasteiger partial charge in [-0.3, -0.25) is 14.2 Å². The van der Waals surface area contributed by atoms with Crippen LogP contribution in [-0.4, -0.2) is 41.5 Å². The van der Waals surface area contributed by atoms with E-state index in [2.05, 4.69) is 24.1 Å². The van der Waals surface area contributed by atoms with E-state index in [0.29, 0.717) is 45.8 Å². The molecule has 8 heteroatoms. The Morgan fingerprint density at radius 3 is 2.68 bits per heavy atom. The minimum Gasteiger partial charge on any atom is -0.383 e. The fraction of sp³-hybridized carbons (Fsp3) is 0.348. The van der Waals surface area contributed by atoms with Crippen LogP contribution < -0.4 is 10.9 Å². The van der Waals surface area contributed by atoms with Gasteiger partial charge in [0.05, 0.1) is 29.0 Å². The standard InChI is InChI=1S/C23H26ClN3O3S/c1-4-15(2)16-5-8-18(9-6-16)27-22(29)19-10-7-17(24)13-20(19)26-23(27)31-14-21(28)25-11-12-30-3/h5-10,13,15H,4,11-12,14H2,1-3H3,(H,25,28)/t15-/m0/s1. The molecule has 1 amide bonds. The van der Waals surface area contributed by atoms with Gasteiger partial charge in [-0.15, -0.1) is 0 Å². The maximum Gasteiger partial charge on any atom is 0.266 e. The van der Waals surface area contributed by atoms with E-state index in [9.17, 15) is 9.59 Å². The number of carbonyl (C=O) groups is 1. The van der Waals surface area contributed by atoms with Crippen LogP contribution in [0.1, 0.15) is 31.7 Å². The monoisotopic (exact) mass is 459 g/mol. The highest BCUT2D eigenvalue weighted by molar-refractivity contribution is 7.99. The number of benzene rings is 2. The summed E-state index contributed by atoms with van der Waals surface area (Å²) in [5.74, 6) is 0.418. The molecule has 0 aliphatic carbocycles. The van der Waals surface area contributed by atoms with Gasteiger partial charge in [0, 0.05) is 18.7 Å². The summed E-state index contributed by atoms with van der Waals surface area (Å²) in [5, 5.41) is 4.20. The normalized spacial score (nSPS) is 12.1. The van der Waals surface area contributed by atoms with Gasteiger partial charge >= 0.3 is 0 Å². The van der Waals surface area contributed by atoms with Gasteiger partial charge in [0.25, 0.3) is 5.56 Å². The van der Waals surface area contributed by atoms with E-state index < -0.39 is 0 Å². The first-order valence-electron chi connectivity index (χ1n) is 10.2. The quantitative estimate of drug-likeness (QED) is 0.291. The number of hydrogen-bond acceptors (Lipinski definition) is 5. The summed E-state index contributed by atoms with van der Waals surface area (Å²) in [5.41, 5.74) is 2.24. The molecule has 0 bridgehead atoms. The molecule has 1 aromatic heterocycles. The number of aromatic nitrogens is 2. The maximum absolute atomic E-state index is 13.3. The number of ether oxygens (including phenoxy) is 1. The summed E-state index contributed by atoms with van der Waals surface area (Å²) >= 11 is 7.32. The molecule has 0 aliphatic heterocycles. The number of fused-ring (bicyclic) bond motifs is 1. The van der Waals surface area contributed by atoms with Crippen molar-refractivity contribution < 1.29 is 9.53 Å². The molecule has 3 rings (SSSR count). The number of nitrogens with zero attached hydrogens (tertiary/aromatic N) is 2. The Hall–Kier alpha value is -2.35. The van der Waals surface area contributed by atoms with E-state index in [-0.39, 0.29) is 17.2 Å². The molecule has 164 valence electrons. The summed E-state index contributed by atoms with van der Waals surface area (Å²) in [6.45, 7) is 5.19. The molecule has 0 saturated heterocycles. The molecule has 0 spiro atoms. The summed E-state index contributed by atoms with van der Waals surface area (Å²) in [6.07, 6.45) is 1.04. The second-order valence-corrected chi connectivity index (χ2v) is 8.61. The first-order chi connectivity index (χ1) is 14.9. The van der Waals surface area contributed by atoms with Crippen LogP contribution in [0.15, 0.2) is 52.4 Å². The number of carbonyl (C=O) groups excluding carboxylic acids is 1. The van der Waals surface area contributed by atoms with Crippen LogP contribution in [0.3, 0.4) is 0 Å². The zero-order valence-electron chi connectivity index (χ0n) is 17.9. The highest BCUT2D eigenvalue weighted by Gasteiger charge is 2.15. The minimum atomic E-state index is -0.194. The zero-order valence-corrected chi connectivity index (χ0v) is 19.4. The number of rotatable bonds is 9. The van der Waals surface area contributed by atoms with Gasteiger partial charge in [-0.05, 0) is 48.2 Å². The average molecular weight is 460 g/mol. The van der Waals surface area contributed by atoms with Crippen molar-refractivity contribution in [2.75, 3.05) is 26.0 Å². The number of hydrogen-bond donors (Lipinski definition) is 1. The third kappa shape index (κ3) is 5.67. The first-order valence-corrected chi connectivity index (χ1v) is 11.5. The number of amides is 1. The van der Waals surface area contributed by atoms with Crippen molar-refractivity contribution in [1.82, 2.24) is 14.9 Å². The Morgan fingerprint density at radius 1 is 1.26 bits per heavy atom. The van der Waals surface area contributed by atoms with Crippen LogP contribution in [0.5, 0.6) is 0 Å². The largest absolute Gasteiger partial charge is 0.383 e. The summed E-state index contributed by atoms with van der Waals surface area (Å²) in [7, 11) is 1.58. The molecule has 3 aromatic rings. The van der Waals surface area contributed by atoms with Crippen molar-refractivity contribution in [1.29, 1.82) is 0 Å². The van der Waals surface area contributed by atoms with Gasteiger partial charge in [-0.25, -0.2) is 4.98 Å². The van der Waals surface area contributed by atoms with E-state index in [1.54, 1.807) is 29.9 Å². The van der Waals surface area contributed by atoms with Gasteiger partial charge in [0.15, 0.2) is 5.16 Å². The fourth-order valence-corrected chi connectivity index (χ4v) is 4.13. The molecule has 6 nitrogen and oxygen atoms in total. The number of methoxy groups -OCH3 is 1. The van der Waals surface area contributed by atoms with Crippen molar-refractivity contribution in [2.24, 2.45) is 0 Å². The molecule has 31 heavy (non-hydrogen) atoms. The predicted molar refractivity (Wildman–Crippen MR) is 127 cm³/mol. The first kappa shape index (κ1) is 23.3. The summed E-state index contributed by atoms with van der Waals surface area (Å²) in [4.78, 5) is 30.2. The molecule has 1 heterocycles. The van der Waals surface area contributed by atoms with Crippen molar-refractivity contribution in [2.45, 2.75) is 31.3 Å². The summed E-state index contributed by atoms with van der Waals surface area (Å²) in [6, 6.07) is 12.9. The van der Waals surface area contributed by atoms with Crippen molar-refractivity contribution in [3.8, 4) is 5.69 Å². The van der Waals surface area contributed by atoms with Crippen LogP contribution in [0.4, 0.5) is 0 Å².